The first-order chi connectivity index (χ1) is 9.54. The third-order valence-corrected chi connectivity index (χ3v) is 2.51. The lowest BCUT2D eigenvalue weighted by atomic mass is 10.3. The van der Waals surface area contributed by atoms with Crippen molar-refractivity contribution in [2.24, 2.45) is 0 Å². The van der Waals surface area contributed by atoms with Crippen molar-refractivity contribution in [1.29, 1.82) is 0 Å². The number of H-pyrrole nitrogens is 1. The number of nitrogens with two attached hydrogens (primary N) is 1. The fourth-order valence-electron chi connectivity index (χ4n) is 1.58. The van der Waals surface area contributed by atoms with Crippen LogP contribution in [0.5, 0.6) is 11.6 Å². The fraction of sp³-hybridized carbons (Fsp3) is 0. The van der Waals surface area contributed by atoms with Crippen LogP contribution in [0, 0.1) is 11.6 Å². The topological polar surface area (TPSA) is 98.3 Å². The fourth-order valence-corrected chi connectivity index (χ4v) is 1.58. The molecule has 0 fully saturated rings. The van der Waals surface area contributed by atoms with Gasteiger partial charge < -0.3 is 10.5 Å². The zero-order chi connectivity index (χ0) is 14.3. The summed E-state index contributed by atoms with van der Waals surface area (Å²) < 4.78 is 32.9. The summed E-state index contributed by atoms with van der Waals surface area (Å²) in [5.41, 5.74) is 4.59. The van der Waals surface area contributed by atoms with E-state index in [-0.39, 0.29) is 23.0 Å². The van der Waals surface area contributed by atoms with Crippen LogP contribution in [0.3, 0.4) is 0 Å². The Balaban J connectivity index is 2.02. The molecule has 0 bridgehead atoms. The summed E-state index contributed by atoms with van der Waals surface area (Å²) in [6.07, 6.45) is 0. The number of hydrogen-bond donors (Lipinski definition) is 2. The van der Waals surface area contributed by atoms with Crippen LogP contribution >= 0.6 is 0 Å². The first-order valence-electron chi connectivity index (χ1n) is 5.41. The Morgan fingerprint density at radius 2 is 2.05 bits per heavy atom. The van der Waals surface area contributed by atoms with Crippen LogP contribution in [0.25, 0.3) is 5.65 Å². The summed E-state index contributed by atoms with van der Waals surface area (Å²) in [6.45, 7) is 0. The second kappa shape index (κ2) is 4.30. The van der Waals surface area contributed by atoms with Crippen molar-refractivity contribution < 1.29 is 13.5 Å². The smallest absolute Gasteiger partial charge is 0.364 e. The molecule has 0 amide bonds. The number of fused-ring (bicyclic) bond motifs is 1. The van der Waals surface area contributed by atoms with Gasteiger partial charge in [-0.15, -0.1) is 5.10 Å². The molecular formula is C11H7F2N5O2. The SMILES string of the molecule is Nc1cc(F)c(Oc2ccc3n[nH]c(=O)n3n2)cc1F. The van der Waals surface area contributed by atoms with Gasteiger partial charge in [-0.25, -0.2) is 18.7 Å². The number of nitrogen functional groups attached to an aromatic ring is 1. The molecule has 3 aromatic rings. The van der Waals surface area contributed by atoms with E-state index in [0.29, 0.717) is 0 Å². The summed E-state index contributed by atoms with van der Waals surface area (Å²) >= 11 is 0. The first-order valence-corrected chi connectivity index (χ1v) is 5.41. The summed E-state index contributed by atoms with van der Waals surface area (Å²) in [7, 11) is 0. The Morgan fingerprint density at radius 1 is 1.25 bits per heavy atom. The molecule has 2 heterocycles. The minimum absolute atomic E-state index is 0.0935. The predicted octanol–water partition coefficient (Wildman–Crippen LogP) is 1.07. The van der Waals surface area contributed by atoms with E-state index in [0.717, 1.165) is 16.6 Å². The Bertz CT molecular complexity index is 858. The minimum atomic E-state index is -0.842. The maximum absolute atomic E-state index is 13.6. The molecule has 7 nitrogen and oxygen atoms in total. The van der Waals surface area contributed by atoms with Gasteiger partial charge >= 0.3 is 5.69 Å². The second-order valence-electron chi connectivity index (χ2n) is 3.88. The van der Waals surface area contributed by atoms with Crippen LogP contribution in [0.1, 0.15) is 0 Å². The van der Waals surface area contributed by atoms with Crippen LogP contribution in [0.15, 0.2) is 29.1 Å². The van der Waals surface area contributed by atoms with Crippen molar-refractivity contribution in [1.82, 2.24) is 19.8 Å². The maximum Gasteiger partial charge on any atom is 0.364 e. The number of anilines is 1. The molecule has 1 aromatic carbocycles. The van der Waals surface area contributed by atoms with Gasteiger partial charge in [-0.05, 0) is 6.07 Å². The minimum Gasteiger partial charge on any atom is -0.434 e. The van der Waals surface area contributed by atoms with Crippen molar-refractivity contribution in [3.8, 4) is 11.6 Å². The van der Waals surface area contributed by atoms with E-state index in [2.05, 4.69) is 15.3 Å². The molecular weight excluding hydrogens is 272 g/mol. The number of hydrogen-bond acceptors (Lipinski definition) is 5. The van der Waals surface area contributed by atoms with Crippen LogP contribution < -0.4 is 16.2 Å². The summed E-state index contributed by atoms with van der Waals surface area (Å²) in [4.78, 5) is 11.3. The van der Waals surface area contributed by atoms with E-state index in [9.17, 15) is 13.6 Å². The highest BCUT2D eigenvalue weighted by Gasteiger charge is 2.11. The summed E-state index contributed by atoms with van der Waals surface area (Å²) in [5, 5.41) is 9.64. The van der Waals surface area contributed by atoms with Gasteiger partial charge in [0, 0.05) is 18.2 Å². The molecule has 0 atom stereocenters. The Labute approximate surface area is 109 Å². The van der Waals surface area contributed by atoms with Crippen LogP contribution in [-0.2, 0) is 0 Å². The molecule has 0 aliphatic rings. The molecule has 0 saturated heterocycles. The summed E-state index contributed by atoms with van der Waals surface area (Å²) in [5.74, 6) is -2.14. The number of aromatic nitrogens is 4. The van der Waals surface area contributed by atoms with Crippen LogP contribution in [0.4, 0.5) is 14.5 Å². The lowest BCUT2D eigenvalue weighted by Crippen LogP contribution is -2.12. The quantitative estimate of drug-likeness (QED) is 0.684. The van der Waals surface area contributed by atoms with Crippen molar-refractivity contribution in [2.75, 3.05) is 5.73 Å². The van der Waals surface area contributed by atoms with Gasteiger partial charge in [0.25, 0.3) is 0 Å². The van der Waals surface area contributed by atoms with E-state index in [1.54, 1.807) is 0 Å². The van der Waals surface area contributed by atoms with E-state index >= 15 is 0 Å². The maximum atomic E-state index is 13.6. The Kier molecular flexibility index (Phi) is 2.60. The van der Waals surface area contributed by atoms with E-state index in [4.69, 9.17) is 10.5 Å². The second-order valence-corrected chi connectivity index (χ2v) is 3.88. The first kappa shape index (κ1) is 12.1. The standard InChI is InChI=1S/C11H7F2N5O2/c12-5-4-8(6(13)3-7(5)14)20-10-2-1-9-15-16-11(19)18(9)17-10/h1-4H,14H2,(H,16,19). The van der Waals surface area contributed by atoms with E-state index in [1.807, 2.05) is 0 Å². The molecule has 0 radical (unpaired) electrons. The van der Waals surface area contributed by atoms with Gasteiger partial charge in [-0.3, -0.25) is 0 Å². The van der Waals surface area contributed by atoms with Gasteiger partial charge in [0.1, 0.15) is 5.82 Å². The lowest BCUT2D eigenvalue weighted by Gasteiger charge is -2.06. The average molecular weight is 279 g/mol. The molecule has 9 heteroatoms. The number of rotatable bonds is 2. The molecule has 0 unspecified atom stereocenters. The Morgan fingerprint density at radius 3 is 2.85 bits per heavy atom. The van der Waals surface area contributed by atoms with E-state index < -0.39 is 17.3 Å². The number of halogens is 2. The van der Waals surface area contributed by atoms with Crippen molar-refractivity contribution in [2.45, 2.75) is 0 Å². The number of benzene rings is 1. The third kappa shape index (κ3) is 1.94. The highest BCUT2D eigenvalue weighted by Crippen LogP contribution is 2.26. The van der Waals surface area contributed by atoms with Crippen molar-refractivity contribution in [3.63, 3.8) is 0 Å². The van der Waals surface area contributed by atoms with Gasteiger partial charge in [0.2, 0.25) is 5.88 Å². The van der Waals surface area contributed by atoms with Gasteiger partial charge in [-0.2, -0.15) is 9.61 Å². The summed E-state index contributed by atoms with van der Waals surface area (Å²) in [6, 6.07) is 4.40. The molecule has 0 saturated carbocycles. The van der Waals surface area contributed by atoms with Gasteiger partial charge in [-0.1, -0.05) is 0 Å². The largest absolute Gasteiger partial charge is 0.434 e. The normalized spacial score (nSPS) is 10.9. The lowest BCUT2D eigenvalue weighted by molar-refractivity contribution is 0.415. The molecule has 2 aromatic heterocycles. The number of nitrogens with one attached hydrogen (secondary N) is 1. The Hall–Kier alpha value is -2.97. The molecule has 102 valence electrons. The van der Waals surface area contributed by atoms with Gasteiger partial charge in [0.15, 0.2) is 17.2 Å². The van der Waals surface area contributed by atoms with Gasteiger partial charge in [0.05, 0.1) is 5.69 Å². The zero-order valence-corrected chi connectivity index (χ0v) is 9.80. The van der Waals surface area contributed by atoms with Crippen LogP contribution in [-0.4, -0.2) is 19.8 Å². The predicted molar refractivity (Wildman–Crippen MR) is 64.5 cm³/mol. The molecule has 0 aliphatic carbocycles. The molecule has 0 spiro atoms. The van der Waals surface area contributed by atoms with Crippen LogP contribution in [0.2, 0.25) is 0 Å². The number of nitrogens with zero attached hydrogens (tertiary/aromatic N) is 3. The highest BCUT2D eigenvalue weighted by molar-refractivity contribution is 5.45. The highest BCUT2D eigenvalue weighted by atomic mass is 19.1. The number of aromatic amines is 1. The monoisotopic (exact) mass is 279 g/mol. The molecule has 20 heavy (non-hydrogen) atoms. The molecule has 3 N–H and O–H groups in total. The third-order valence-electron chi connectivity index (χ3n) is 2.51. The van der Waals surface area contributed by atoms with E-state index in [1.165, 1.54) is 12.1 Å². The molecule has 0 aliphatic heterocycles. The van der Waals surface area contributed by atoms with Crippen molar-refractivity contribution >= 4 is 11.3 Å². The van der Waals surface area contributed by atoms with Crippen molar-refractivity contribution in [3.05, 3.63) is 46.4 Å². The molecule has 3 rings (SSSR count). The number of ether oxygens (including phenoxy) is 1. The average Bonchev–Trinajstić information content (AvgIpc) is 2.78. The zero-order valence-electron chi connectivity index (χ0n) is 9.80.